The summed E-state index contributed by atoms with van der Waals surface area (Å²) in [5.74, 6) is 0.160. The Morgan fingerprint density at radius 2 is 2.14 bits per heavy atom. The van der Waals surface area contributed by atoms with Crippen molar-refractivity contribution in [3.8, 4) is 0 Å². The highest BCUT2D eigenvalue weighted by molar-refractivity contribution is 5.97. The molecule has 2 heteroatoms. The van der Waals surface area contributed by atoms with Gasteiger partial charge in [0.1, 0.15) is 0 Å². The van der Waals surface area contributed by atoms with E-state index in [9.17, 15) is 4.79 Å². The molecule has 1 aromatic carbocycles. The molecule has 0 aliphatic heterocycles. The maximum atomic E-state index is 11.7. The van der Waals surface area contributed by atoms with E-state index in [2.05, 4.69) is 6.92 Å². The van der Waals surface area contributed by atoms with Gasteiger partial charge in [-0.1, -0.05) is 24.6 Å². The van der Waals surface area contributed by atoms with Crippen molar-refractivity contribution in [3.63, 3.8) is 0 Å². The first-order chi connectivity index (χ1) is 6.69. The van der Waals surface area contributed by atoms with Crippen LogP contribution in [0.1, 0.15) is 34.8 Å². The van der Waals surface area contributed by atoms with Gasteiger partial charge in [-0.05, 0) is 31.5 Å². The number of aryl methyl sites for hydroxylation is 2. The topological polar surface area (TPSA) is 43.1 Å². The number of carbonyl (C=O) groups excluding carboxylic acids is 1. The first-order valence-electron chi connectivity index (χ1n) is 5.01. The summed E-state index contributed by atoms with van der Waals surface area (Å²) in [6, 6.07) is 6.02. The number of ketones is 1. The van der Waals surface area contributed by atoms with Gasteiger partial charge in [0.15, 0.2) is 5.78 Å². The Morgan fingerprint density at radius 3 is 2.71 bits per heavy atom. The molecule has 0 aliphatic carbocycles. The van der Waals surface area contributed by atoms with E-state index in [1.807, 2.05) is 25.1 Å². The molecule has 0 spiro atoms. The maximum Gasteiger partial charge on any atom is 0.164 e. The fourth-order valence-corrected chi connectivity index (χ4v) is 1.52. The molecule has 0 aromatic heterocycles. The van der Waals surface area contributed by atoms with Crippen molar-refractivity contribution in [2.45, 2.75) is 26.7 Å². The van der Waals surface area contributed by atoms with Crippen LogP contribution < -0.4 is 5.73 Å². The zero-order valence-corrected chi connectivity index (χ0v) is 8.84. The molecule has 0 bridgehead atoms. The van der Waals surface area contributed by atoms with Gasteiger partial charge in [-0.3, -0.25) is 4.79 Å². The normalized spacial score (nSPS) is 10.2. The quantitative estimate of drug-likeness (QED) is 0.740. The van der Waals surface area contributed by atoms with Crippen LogP contribution in [0.5, 0.6) is 0 Å². The van der Waals surface area contributed by atoms with Crippen LogP contribution in [0.15, 0.2) is 18.2 Å². The van der Waals surface area contributed by atoms with E-state index in [1.165, 1.54) is 0 Å². The average molecular weight is 191 g/mol. The number of Topliss-reactive ketones (excluding diaryl/α,β-unsaturated/α-hetero) is 1. The molecule has 14 heavy (non-hydrogen) atoms. The lowest BCUT2D eigenvalue weighted by molar-refractivity contribution is 0.0984. The Bertz CT molecular complexity index is 331. The summed E-state index contributed by atoms with van der Waals surface area (Å²) in [6.07, 6.45) is 1.34. The van der Waals surface area contributed by atoms with Crippen LogP contribution in [0.4, 0.5) is 0 Å². The van der Waals surface area contributed by atoms with E-state index in [-0.39, 0.29) is 5.78 Å². The predicted molar refractivity (Wildman–Crippen MR) is 58.6 cm³/mol. The van der Waals surface area contributed by atoms with E-state index in [0.717, 1.165) is 23.1 Å². The van der Waals surface area contributed by atoms with Crippen molar-refractivity contribution in [1.29, 1.82) is 0 Å². The van der Waals surface area contributed by atoms with E-state index >= 15 is 0 Å². The SMILES string of the molecule is CCc1ccc(C)cc1C(=O)CCN. The van der Waals surface area contributed by atoms with Gasteiger partial charge in [-0.15, -0.1) is 0 Å². The Morgan fingerprint density at radius 1 is 1.43 bits per heavy atom. The Labute approximate surface area is 85.1 Å². The van der Waals surface area contributed by atoms with Crippen LogP contribution in [0, 0.1) is 6.92 Å². The zero-order chi connectivity index (χ0) is 10.6. The summed E-state index contributed by atoms with van der Waals surface area (Å²) in [4.78, 5) is 11.7. The molecular formula is C12H17NO. The lowest BCUT2D eigenvalue weighted by Crippen LogP contribution is -2.10. The number of hydrogen-bond acceptors (Lipinski definition) is 2. The standard InChI is InChI=1S/C12H17NO/c1-3-10-5-4-9(2)8-11(10)12(14)6-7-13/h4-5,8H,3,6-7,13H2,1-2H3. The number of rotatable bonds is 4. The van der Waals surface area contributed by atoms with Crippen LogP contribution in [-0.4, -0.2) is 12.3 Å². The molecule has 0 atom stereocenters. The Hall–Kier alpha value is -1.15. The van der Waals surface area contributed by atoms with Gasteiger partial charge in [-0.2, -0.15) is 0 Å². The van der Waals surface area contributed by atoms with Gasteiger partial charge in [0.05, 0.1) is 0 Å². The molecule has 0 amide bonds. The molecule has 0 unspecified atom stereocenters. The summed E-state index contributed by atoms with van der Waals surface area (Å²) < 4.78 is 0. The molecule has 0 saturated carbocycles. The second-order valence-electron chi connectivity index (χ2n) is 3.48. The minimum Gasteiger partial charge on any atom is -0.330 e. The van der Waals surface area contributed by atoms with Crippen molar-refractivity contribution in [1.82, 2.24) is 0 Å². The average Bonchev–Trinajstić information content (AvgIpc) is 2.18. The van der Waals surface area contributed by atoms with E-state index in [4.69, 9.17) is 5.73 Å². The Kier molecular flexibility index (Phi) is 3.84. The summed E-state index contributed by atoms with van der Waals surface area (Å²) in [6.45, 7) is 4.48. The first-order valence-corrected chi connectivity index (χ1v) is 5.01. The van der Waals surface area contributed by atoms with Gasteiger partial charge >= 0.3 is 0 Å². The summed E-state index contributed by atoms with van der Waals surface area (Å²) in [5, 5.41) is 0. The van der Waals surface area contributed by atoms with Crippen molar-refractivity contribution in [2.24, 2.45) is 5.73 Å². The molecular weight excluding hydrogens is 174 g/mol. The highest BCUT2D eigenvalue weighted by Gasteiger charge is 2.09. The Balaban J connectivity index is 3.03. The number of benzene rings is 1. The third-order valence-electron chi connectivity index (χ3n) is 2.32. The summed E-state index contributed by atoms with van der Waals surface area (Å²) >= 11 is 0. The third-order valence-corrected chi connectivity index (χ3v) is 2.32. The van der Waals surface area contributed by atoms with Crippen LogP contribution in [-0.2, 0) is 6.42 Å². The molecule has 2 nitrogen and oxygen atoms in total. The predicted octanol–water partition coefficient (Wildman–Crippen LogP) is 2.09. The summed E-state index contributed by atoms with van der Waals surface area (Å²) in [7, 11) is 0. The monoisotopic (exact) mass is 191 g/mol. The van der Waals surface area contributed by atoms with Gasteiger partial charge in [-0.25, -0.2) is 0 Å². The van der Waals surface area contributed by atoms with Gasteiger partial charge in [0.2, 0.25) is 0 Å². The van der Waals surface area contributed by atoms with E-state index in [1.54, 1.807) is 0 Å². The molecule has 1 aromatic rings. The third kappa shape index (κ3) is 2.42. The van der Waals surface area contributed by atoms with E-state index < -0.39 is 0 Å². The number of carbonyl (C=O) groups is 1. The van der Waals surface area contributed by atoms with Crippen molar-refractivity contribution in [3.05, 3.63) is 34.9 Å². The molecule has 0 fully saturated rings. The lowest BCUT2D eigenvalue weighted by Gasteiger charge is -2.07. The van der Waals surface area contributed by atoms with E-state index in [0.29, 0.717) is 13.0 Å². The fourth-order valence-electron chi connectivity index (χ4n) is 1.52. The number of nitrogens with two attached hydrogens (primary N) is 1. The summed E-state index contributed by atoms with van der Waals surface area (Å²) in [5.41, 5.74) is 8.47. The van der Waals surface area contributed by atoms with Crippen LogP contribution in [0.25, 0.3) is 0 Å². The highest BCUT2D eigenvalue weighted by Crippen LogP contribution is 2.14. The molecule has 0 saturated heterocycles. The smallest absolute Gasteiger partial charge is 0.164 e. The molecule has 1 rings (SSSR count). The van der Waals surface area contributed by atoms with Crippen molar-refractivity contribution >= 4 is 5.78 Å². The van der Waals surface area contributed by atoms with Gasteiger partial charge in [0.25, 0.3) is 0 Å². The minimum absolute atomic E-state index is 0.160. The second kappa shape index (κ2) is 4.91. The largest absolute Gasteiger partial charge is 0.330 e. The maximum absolute atomic E-state index is 11.7. The van der Waals surface area contributed by atoms with Gasteiger partial charge < -0.3 is 5.73 Å². The second-order valence-corrected chi connectivity index (χ2v) is 3.48. The number of hydrogen-bond donors (Lipinski definition) is 1. The molecule has 0 aliphatic rings. The molecule has 0 radical (unpaired) electrons. The first kappa shape index (κ1) is 10.9. The van der Waals surface area contributed by atoms with Crippen molar-refractivity contribution in [2.75, 3.05) is 6.54 Å². The van der Waals surface area contributed by atoms with Crippen LogP contribution >= 0.6 is 0 Å². The van der Waals surface area contributed by atoms with Crippen molar-refractivity contribution < 1.29 is 4.79 Å². The van der Waals surface area contributed by atoms with Crippen LogP contribution in [0.3, 0.4) is 0 Å². The highest BCUT2D eigenvalue weighted by atomic mass is 16.1. The van der Waals surface area contributed by atoms with Crippen LogP contribution in [0.2, 0.25) is 0 Å². The molecule has 2 N–H and O–H groups in total. The lowest BCUT2D eigenvalue weighted by atomic mass is 9.98. The fraction of sp³-hybridized carbons (Fsp3) is 0.417. The zero-order valence-electron chi connectivity index (χ0n) is 8.84. The minimum atomic E-state index is 0.160. The molecule has 76 valence electrons. The van der Waals surface area contributed by atoms with Gasteiger partial charge in [0, 0.05) is 12.0 Å². The molecule has 0 heterocycles.